The fraction of sp³-hybridized carbons (Fsp3) is 0.308. The molecular formula is C26H31N3O3. The van der Waals surface area contributed by atoms with Crippen molar-refractivity contribution in [1.29, 1.82) is 0 Å². The Hall–Kier alpha value is -3.54. The van der Waals surface area contributed by atoms with E-state index in [1.54, 1.807) is 30.6 Å². The zero-order valence-electron chi connectivity index (χ0n) is 19.2. The van der Waals surface area contributed by atoms with Crippen molar-refractivity contribution in [2.45, 2.75) is 40.3 Å². The number of ether oxygens (including phenoxy) is 2. The highest BCUT2D eigenvalue weighted by atomic mass is 16.5. The lowest BCUT2D eigenvalue weighted by atomic mass is 10.1. The highest BCUT2D eigenvalue weighted by Gasteiger charge is 2.13. The smallest absolute Gasteiger partial charge is 0.255 e. The SMILES string of the molecule is CCOc1cc(C(=O)Nc2ccc(N(CC)C(C)C)cc2)ccc1OCc1cccnc1. The molecular weight excluding hydrogens is 402 g/mol. The molecule has 32 heavy (non-hydrogen) atoms. The number of carbonyl (C=O) groups is 1. The Morgan fingerprint density at radius 2 is 1.81 bits per heavy atom. The van der Waals surface area contributed by atoms with E-state index < -0.39 is 0 Å². The lowest BCUT2D eigenvalue weighted by molar-refractivity contribution is 0.102. The first-order valence-electron chi connectivity index (χ1n) is 11.0. The van der Waals surface area contributed by atoms with E-state index in [4.69, 9.17) is 9.47 Å². The molecule has 6 nitrogen and oxygen atoms in total. The highest BCUT2D eigenvalue weighted by Crippen LogP contribution is 2.30. The van der Waals surface area contributed by atoms with Gasteiger partial charge in [0.05, 0.1) is 6.61 Å². The van der Waals surface area contributed by atoms with Gasteiger partial charge in [-0.2, -0.15) is 0 Å². The van der Waals surface area contributed by atoms with E-state index >= 15 is 0 Å². The summed E-state index contributed by atoms with van der Waals surface area (Å²) in [5, 5.41) is 2.96. The summed E-state index contributed by atoms with van der Waals surface area (Å²) in [5.74, 6) is 0.925. The molecule has 0 unspecified atom stereocenters. The summed E-state index contributed by atoms with van der Waals surface area (Å²) in [6.45, 7) is 10.1. The molecule has 0 atom stereocenters. The number of rotatable bonds is 10. The van der Waals surface area contributed by atoms with Crippen LogP contribution in [0, 0.1) is 0 Å². The summed E-state index contributed by atoms with van der Waals surface area (Å²) in [4.78, 5) is 19.2. The molecule has 0 bridgehead atoms. The van der Waals surface area contributed by atoms with E-state index in [2.05, 4.69) is 36.0 Å². The van der Waals surface area contributed by atoms with Crippen LogP contribution in [0.1, 0.15) is 43.6 Å². The molecule has 0 fully saturated rings. The lowest BCUT2D eigenvalue weighted by Gasteiger charge is -2.27. The zero-order chi connectivity index (χ0) is 22.9. The number of pyridine rings is 1. The number of nitrogens with zero attached hydrogens (tertiary/aromatic N) is 2. The normalized spacial score (nSPS) is 10.7. The van der Waals surface area contributed by atoms with Crippen molar-refractivity contribution in [3.05, 3.63) is 78.1 Å². The quantitative estimate of drug-likeness (QED) is 0.454. The molecule has 1 amide bonds. The number of carbonyl (C=O) groups excluding carboxylic acids is 1. The second kappa shape index (κ2) is 11.2. The minimum atomic E-state index is -0.200. The maximum absolute atomic E-state index is 12.8. The minimum absolute atomic E-state index is 0.200. The van der Waals surface area contributed by atoms with Gasteiger partial charge in [-0.25, -0.2) is 0 Å². The van der Waals surface area contributed by atoms with E-state index in [1.807, 2.05) is 43.3 Å². The van der Waals surface area contributed by atoms with Gasteiger partial charge >= 0.3 is 0 Å². The maximum Gasteiger partial charge on any atom is 0.255 e. The highest BCUT2D eigenvalue weighted by molar-refractivity contribution is 6.04. The number of benzene rings is 2. The Balaban J connectivity index is 1.70. The van der Waals surface area contributed by atoms with Crippen molar-refractivity contribution in [3.63, 3.8) is 0 Å². The van der Waals surface area contributed by atoms with Gasteiger partial charge in [-0.3, -0.25) is 9.78 Å². The Morgan fingerprint density at radius 1 is 1.03 bits per heavy atom. The van der Waals surface area contributed by atoms with Crippen LogP contribution in [-0.2, 0) is 6.61 Å². The van der Waals surface area contributed by atoms with Gasteiger partial charge in [0.2, 0.25) is 0 Å². The summed E-state index contributed by atoms with van der Waals surface area (Å²) < 4.78 is 11.6. The van der Waals surface area contributed by atoms with Gasteiger partial charge in [0.25, 0.3) is 5.91 Å². The fourth-order valence-corrected chi connectivity index (χ4v) is 3.47. The summed E-state index contributed by atoms with van der Waals surface area (Å²) >= 11 is 0. The van der Waals surface area contributed by atoms with Crippen molar-refractivity contribution < 1.29 is 14.3 Å². The first-order chi connectivity index (χ1) is 15.5. The average molecular weight is 434 g/mol. The van der Waals surface area contributed by atoms with Crippen LogP contribution in [0.25, 0.3) is 0 Å². The van der Waals surface area contributed by atoms with Gasteiger partial charge < -0.3 is 19.7 Å². The first-order valence-corrected chi connectivity index (χ1v) is 11.0. The van der Waals surface area contributed by atoms with E-state index in [9.17, 15) is 4.79 Å². The van der Waals surface area contributed by atoms with E-state index in [1.165, 1.54) is 0 Å². The molecule has 1 heterocycles. The van der Waals surface area contributed by atoms with Gasteiger partial charge in [-0.1, -0.05) is 6.07 Å². The van der Waals surface area contributed by atoms with Crippen LogP contribution in [0.4, 0.5) is 11.4 Å². The van der Waals surface area contributed by atoms with Crippen LogP contribution in [0.2, 0.25) is 0 Å². The molecule has 0 saturated carbocycles. The van der Waals surface area contributed by atoms with Crippen LogP contribution in [0.15, 0.2) is 67.0 Å². The van der Waals surface area contributed by atoms with Crippen molar-refractivity contribution in [2.24, 2.45) is 0 Å². The summed E-state index contributed by atoms with van der Waals surface area (Å²) in [6, 6.07) is 17.3. The molecule has 0 spiro atoms. The molecule has 1 aromatic heterocycles. The van der Waals surface area contributed by atoms with Gasteiger partial charge in [-0.05, 0) is 76.2 Å². The molecule has 0 aliphatic carbocycles. The molecule has 3 rings (SSSR count). The second-order valence-corrected chi connectivity index (χ2v) is 7.63. The second-order valence-electron chi connectivity index (χ2n) is 7.63. The molecule has 1 N–H and O–H groups in total. The van der Waals surface area contributed by atoms with Gasteiger partial charge in [0.15, 0.2) is 11.5 Å². The van der Waals surface area contributed by atoms with Crippen LogP contribution in [0.3, 0.4) is 0 Å². The number of hydrogen-bond donors (Lipinski definition) is 1. The average Bonchev–Trinajstić information content (AvgIpc) is 2.80. The third-order valence-corrected chi connectivity index (χ3v) is 5.04. The topological polar surface area (TPSA) is 63.7 Å². The summed E-state index contributed by atoms with van der Waals surface area (Å²) in [7, 11) is 0. The fourth-order valence-electron chi connectivity index (χ4n) is 3.47. The number of aromatic nitrogens is 1. The van der Waals surface area contributed by atoms with Gasteiger partial charge in [0, 0.05) is 47.5 Å². The Bertz CT molecular complexity index is 1000. The maximum atomic E-state index is 12.8. The number of nitrogens with one attached hydrogen (secondary N) is 1. The van der Waals surface area contributed by atoms with Gasteiger partial charge in [-0.15, -0.1) is 0 Å². The molecule has 0 radical (unpaired) electrons. The molecule has 168 valence electrons. The Kier molecular flexibility index (Phi) is 8.08. The first kappa shape index (κ1) is 23.1. The van der Waals surface area contributed by atoms with Crippen LogP contribution in [-0.4, -0.2) is 30.1 Å². The molecule has 0 aliphatic heterocycles. The predicted molar refractivity (Wildman–Crippen MR) is 129 cm³/mol. The van der Waals surface area contributed by atoms with E-state index in [-0.39, 0.29) is 5.91 Å². The number of amides is 1. The van der Waals surface area contributed by atoms with Crippen LogP contribution in [0.5, 0.6) is 11.5 Å². The monoisotopic (exact) mass is 433 g/mol. The molecule has 2 aromatic carbocycles. The Morgan fingerprint density at radius 3 is 2.44 bits per heavy atom. The lowest BCUT2D eigenvalue weighted by Crippen LogP contribution is -2.30. The summed E-state index contributed by atoms with van der Waals surface area (Å²) in [6.07, 6.45) is 3.48. The van der Waals surface area contributed by atoms with E-state index in [0.29, 0.717) is 36.3 Å². The molecule has 3 aromatic rings. The summed E-state index contributed by atoms with van der Waals surface area (Å²) in [5.41, 5.74) is 3.34. The van der Waals surface area contributed by atoms with Crippen molar-refractivity contribution >= 4 is 17.3 Å². The standard InChI is InChI=1S/C26H31N3O3/c1-5-29(19(3)4)23-12-10-22(11-13-23)28-26(30)21-9-14-24(25(16-21)31-6-2)32-18-20-8-7-15-27-17-20/h7-17,19H,5-6,18H2,1-4H3,(H,28,30). The predicted octanol–water partition coefficient (Wildman–Crippen LogP) is 5.55. The van der Waals surface area contributed by atoms with Crippen LogP contribution < -0.4 is 19.7 Å². The molecule has 0 aliphatic rings. The van der Waals surface area contributed by atoms with Crippen molar-refractivity contribution in [2.75, 3.05) is 23.4 Å². The van der Waals surface area contributed by atoms with Crippen LogP contribution >= 0.6 is 0 Å². The number of anilines is 2. The zero-order valence-corrected chi connectivity index (χ0v) is 19.2. The largest absolute Gasteiger partial charge is 0.490 e. The number of hydrogen-bond acceptors (Lipinski definition) is 5. The molecule has 0 saturated heterocycles. The van der Waals surface area contributed by atoms with Gasteiger partial charge in [0.1, 0.15) is 6.61 Å². The van der Waals surface area contributed by atoms with Crippen molar-refractivity contribution in [1.82, 2.24) is 4.98 Å². The van der Waals surface area contributed by atoms with E-state index in [0.717, 1.165) is 23.5 Å². The van der Waals surface area contributed by atoms with Crippen molar-refractivity contribution in [3.8, 4) is 11.5 Å². The third kappa shape index (κ3) is 6.00. The Labute approximate surface area is 190 Å². The third-order valence-electron chi connectivity index (χ3n) is 5.04. The minimum Gasteiger partial charge on any atom is -0.490 e. The molecule has 6 heteroatoms.